The van der Waals surface area contributed by atoms with E-state index < -0.39 is 0 Å². The van der Waals surface area contributed by atoms with E-state index in [1.165, 1.54) is 31.4 Å². The molecule has 17 heavy (non-hydrogen) atoms. The summed E-state index contributed by atoms with van der Waals surface area (Å²) in [5.41, 5.74) is 1.18. The molecule has 1 unspecified atom stereocenters. The second kappa shape index (κ2) is 4.61. The number of nitrogens with zero attached hydrogens (tertiary/aromatic N) is 3. The van der Waals surface area contributed by atoms with Gasteiger partial charge in [-0.05, 0) is 39.2 Å². The van der Waals surface area contributed by atoms with Gasteiger partial charge >= 0.3 is 0 Å². The maximum Gasteiger partial charge on any atom is 0.132 e. The second-order valence-corrected chi connectivity index (χ2v) is 5.04. The zero-order chi connectivity index (χ0) is 11.7. The first-order valence-electron chi connectivity index (χ1n) is 6.67. The first-order chi connectivity index (χ1) is 8.33. The summed E-state index contributed by atoms with van der Waals surface area (Å²) >= 11 is 0. The molecule has 2 fully saturated rings. The SMILES string of the molecule is Cc1nc(C2CCCN2)cc(N2CCCC2)n1. The van der Waals surface area contributed by atoms with Crippen LogP contribution in [0.4, 0.5) is 5.82 Å². The van der Waals surface area contributed by atoms with Gasteiger partial charge in [0.05, 0.1) is 5.69 Å². The van der Waals surface area contributed by atoms with Gasteiger partial charge in [0.15, 0.2) is 0 Å². The predicted molar refractivity (Wildman–Crippen MR) is 68.2 cm³/mol. The van der Waals surface area contributed by atoms with E-state index in [-0.39, 0.29) is 0 Å². The van der Waals surface area contributed by atoms with Crippen molar-refractivity contribution in [3.8, 4) is 0 Å². The van der Waals surface area contributed by atoms with Crippen LogP contribution in [0.2, 0.25) is 0 Å². The molecular formula is C13H20N4. The van der Waals surface area contributed by atoms with Crippen LogP contribution in [0.15, 0.2) is 6.07 Å². The van der Waals surface area contributed by atoms with Gasteiger partial charge in [-0.25, -0.2) is 9.97 Å². The largest absolute Gasteiger partial charge is 0.357 e. The lowest BCUT2D eigenvalue weighted by molar-refractivity contribution is 0.622. The van der Waals surface area contributed by atoms with Gasteiger partial charge in [-0.15, -0.1) is 0 Å². The summed E-state index contributed by atoms with van der Waals surface area (Å²) in [5, 5.41) is 3.51. The minimum atomic E-state index is 0.443. The molecule has 0 saturated carbocycles. The van der Waals surface area contributed by atoms with E-state index in [0.717, 1.165) is 31.3 Å². The Balaban J connectivity index is 1.88. The van der Waals surface area contributed by atoms with Gasteiger partial charge in [-0.2, -0.15) is 0 Å². The van der Waals surface area contributed by atoms with Crippen molar-refractivity contribution in [2.45, 2.75) is 38.6 Å². The average molecular weight is 232 g/mol. The highest BCUT2D eigenvalue weighted by Crippen LogP contribution is 2.25. The van der Waals surface area contributed by atoms with Crippen molar-refractivity contribution in [1.29, 1.82) is 0 Å². The van der Waals surface area contributed by atoms with Crippen LogP contribution in [0.3, 0.4) is 0 Å². The molecule has 4 nitrogen and oxygen atoms in total. The first-order valence-corrected chi connectivity index (χ1v) is 6.67. The molecule has 1 aromatic rings. The maximum atomic E-state index is 4.59. The van der Waals surface area contributed by atoms with Crippen LogP contribution < -0.4 is 10.2 Å². The Bertz CT molecular complexity index is 358. The van der Waals surface area contributed by atoms with E-state index in [1.54, 1.807) is 0 Å². The lowest BCUT2D eigenvalue weighted by atomic mass is 10.1. The lowest BCUT2D eigenvalue weighted by Crippen LogP contribution is -2.21. The zero-order valence-electron chi connectivity index (χ0n) is 10.4. The summed E-state index contributed by atoms with van der Waals surface area (Å²) in [6.45, 7) is 5.41. The van der Waals surface area contributed by atoms with Gasteiger partial charge in [-0.1, -0.05) is 0 Å². The molecule has 0 amide bonds. The fourth-order valence-electron chi connectivity index (χ4n) is 2.80. The van der Waals surface area contributed by atoms with Gasteiger partial charge in [0, 0.05) is 25.2 Å². The molecule has 92 valence electrons. The van der Waals surface area contributed by atoms with Crippen LogP contribution in [0.5, 0.6) is 0 Å². The highest BCUT2D eigenvalue weighted by atomic mass is 15.2. The van der Waals surface area contributed by atoms with E-state index in [9.17, 15) is 0 Å². The van der Waals surface area contributed by atoms with Crippen molar-refractivity contribution >= 4 is 5.82 Å². The summed E-state index contributed by atoms with van der Waals surface area (Å²) in [6.07, 6.45) is 5.04. The fourth-order valence-corrected chi connectivity index (χ4v) is 2.80. The second-order valence-electron chi connectivity index (χ2n) is 5.04. The number of aryl methyl sites for hydroxylation is 1. The maximum absolute atomic E-state index is 4.59. The van der Waals surface area contributed by atoms with E-state index in [2.05, 4.69) is 26.3 Å². The van der Waals surface area contributed by atoms with Gasteiger partial charge in [-0.3, -0.25) is 0 Å². The lowest BCUT2D eigenvalue weighted by Gasteiger charge is -2.19. The number of aromatic nitrogens is 2. The highest BCUT2D eigenvalue weighted by Gasteiger charge is 2.21. The molecule has 1 N–H and O–H groups in total. The molecule has 1 atom stereocenters. The fraction of sp³-hybridized carbons (Fsp3) is 0.692. The zero-order valence-corrected chi connectivity index (χ0v) is 10.4. The Morgan fingerprint density at radius 3 is 2.76 bits per heavy atom. The normalized spacial score (nSPS) is 24.5. The first kappa shape index (κ1) is 11.0. The number of hydrogen-bond acceptors (Lipinski definition) is 4. The van der Waals surface area contributed by atoms with Crippen LogP contribution in [-0.4, -0.2) is 29.6 Å². The minimum Gasteiger partial charge on any atom is -0.357 e. The molecule has 0 bridgehead atoms. The molecule has 2 saturated heterocycles. The summed E-state index contributed by atoms with van der Waals surface area (Å²) < 4.78 is 0. The molecule has 3 rings (SSSR count). The Kier molecular flexibility index (Phi) is 2.97. The third-order valence-corrected chi connectivity index (χ3v) is 3.69. The molecule has 0 radical (unpaired) electrons. The molecule has 4 heteroatoms. The van der Waals surface area contributed by atoms with E-state index >= 15 is 0 Å². The number of anilines is 1. The third kappa shape index (κ3) is 2.27. The van der Waals surface area contributed by atoms with E-state index in [1.807, 2.05) is 6.92 Å². The molecule has 3 heterocycles. The topological polar surface area (TPSA) is 41.1 Å². The quantitative estimate of drug-likeness (QED) is 0.844. The number of hydrogen-bond donors (Lipinski definition) is 1. The smallest absolute Gasteiger partial charge is 0.132 e. The van der Waals surface area contributed by atoms with Crippen LogP contribution in [0.1, 0.15) is 43.2 Å². The van der Waals surface area contributed by atoms with E-state index in [0.29, 0.717) is 6.04 Å². The van der Waals surface area contributed by atoms with Crippen molar-refractivity contribution in [3.05, 3.63) is 17.6 Å². The Morgan fingerprint density at radius 2 is 2.06 bits per heavy atom. The van der Waals surface area contributed by atoms with Crippen molar-refractivity contribution in [3.63, 3.8) is 0 Å². The summed E-state index contributed by atoms with van der Waals surface area (Å²) in [7, 11) is 0. The molecular weight excluding hydrogens is 212 g/mol. The van der Waals surface area contributed by atoms with Crippen molar-refractivity contribution in [2.75, 3.05) is 24.5 Å². The Morgan fingerprint density at radius 1 is 1.24 bits per heavy atom. The van der Waals surface area contributed by atoms with Crippen molar-refractivity contribution in [2.24, 2.45) is 0 Å². The van der Waals surface area contributed by atoms with Crippen molar-refractivity contribution < 1.29 is 0 Å². The standard InChI is InChI=1S/C13H20N4/c1-10-15-12(11-5-4-6-14-11)9-13(16-10)17-7-2-3-8-17/h9,11,14H,2-8H2,1H3. The molecule has 2 aliphatic rings. The van der Waals surface area contributed by atoms with Crippen molar-refractivity contribution in [1.82, 2.24) is 15.3 Å². The number of rotatable bonds is 2. The minimum absolute atomic E-state index is 0.443. The van der Waals surface area contributed by atoms with Crippen LogP contribution >= 0.6 is 0 Å². The summed E-state index contributed by atoms with van der Waals surface area (Å²) in [6, 6.07) is 2.62. The van der Waals surface area contributed by atoms with Gasteiger partial charge < -0.3 is 10.2 Å². The Labute approximate surface area is 102 Å². The highest BCUT2D eigenvalue weighted by molar-refractivity contribution is 5.41. The van der Waals surface area contributed by atoms with Gasteiger partial charge in [0.25, 0.3) is 0 Å². The van der Waals surface area contributed by atoms with Crippen LogP contribution in [0, 0.1) is 6.92 Å². The molecule has 2 aliphatic heterocycles. The Hall–Kier alpha value is -1.16. The molecule has 0 spiro atoms. The third-order valence-electron chi connectivity index (χ3n) is 3.69. The van der Waals surface area contributed by atoms with Crippen LogP contribution in [0.25, 0.3) is 0 Å². The summed E-state index contributed by atoms with van der Waals surface area (Å²) in [4.78, 5) is 11.5. The van der Waals surface area contributed by atoms with Gasteiger partial charge in [0.2, 0.25) is 0 Å². The molecule has 0 aliphatic carbocycles. The molecule has 0 aromatic carbocycles. The monoisotopic (exact) mass is 232 g/mol. The van der Waals surface area contributed by atoms with E-state index in [4.69, 9.17) is 0 Å². The summed E-state index contributed by atoms with van der Waals surface area (Å²) in [5.74, 6) is 2.02. The molecule has 1 aromatic heterocycles. The predicted octanol–water partition coefficient (Wildman–Crippen LogP) is 1.81. The average Bonchev–Trinajstić information content (AvgIpc) is 3.02. The van der Waals surface area contributed by atoms with Gasteiger partial charge in [0.1, 0.15) is 11.6 Å². The van der Waals surface area contributed by atoms with Crippen LogP contribution in [-0.2, 0) is 0 Å². The number of nitrogens with one attached hydrogen (secondary N) is 1.